The fourth-order valence-electron chi connectivity index (χ4n) is 2.47. The van der Waals surface area contributed by atoms with E-state index in [-0.39, 0.29) is 24.9 Å². The molecule has 132 valence electrons. The van der Waals surface area contributed by atoms with Crippen LogP contribution in [0.3, 0.4) is 0 Å². The van der Waals surface area contributed by atoms with Gasteiger partial charge >= 0.3 is 0 Å². The topological polar surface area (TPSA) is 53.9 Å². The number of halogens is 1. The van der Waals surface area contributed by atoms with Gasteiger partial charge in [0.05, 0.1) is 7.05 Å². The van der Waals surface area contributed by atoms with Gasteiger partial charge in [-0.25, -0.2) is 0 Å². The highest BCUT2D eigenvalue weighted by molar-refractivity contribution is 9.10. The Kier molecular flexibility index (Phi) is 6.73. The van der Waals surface area contributed by atoms with E-state index in [0.717, 1.165) is 26.3 Å². The average Bonchev–Trinajstić information content (AvgIpc) is 2.57. The van der Waals surface area contributed by atoms with E-state index in [0.29, 0.717) is 0 Å². The lowest BCUT2D eigenvalue weighted by Crippen LogP contribution is -3.11. The molecule has 25 heavy (non-hydrogen) atoms. The highest BCUT2D eigenvalue weighted by atomic mass is 79.9. The van der Waals surface area contributed by atoms with Gasteiger partial charge in [-0.1, -0.05) is 34.1 Å². The summed E-state index contributed by atoms with van der Waals surface area (Å²) < 4.78 is 0.972. The van der Waals surface area contributed by atoms with Crippen molar-refractivity contribution in [2.45, 2.75) is 6.92 Å². The van der Waals surface area contributed by atoms with E-state index in [1.54, 1.807) is 11.9 Å². The van der Waals surface area contributed by atoms with Crippen LogP contribution in [0.2, 0.25) is 0 Å². The van der Waals surface area contributed by atoms with Crippen molar-refractivity contribution in [2.24, 2.45) is 0 Å². The molecule has 0 bridgehead atoms. The van der Waals surface area contributed by atoms with Crippen molar-refractivity contribution in [1.29, 1.82) is 0 Å². The Bertz CT molecular complexity index is 750. The van der Waals surface area contributed by atoms with E-state index >= 15 is 0 Å². The number of aryl methyl sites for hydroxylation is 1. The highest BCUT2D eigenvalue weighted by Gasteiger charge is 2.18. The Morgan fingerprint density at radius 3 is 2.44 bits per heavy atom. The summed E-state index contributed by atoms with van der Waals surface area (Å²) in [5, 5.41) is 2.90. The van der Waals surface area contributed by atoms with Gasteiger partial charge in [0.25, 0.3) is 11.8 Å². The summed E-state index contributed by atoms with van der Waals surface area (Å²) >= 11 is 3.40. The van der Waals surface area contributed by atoms with Crippen LogP contribution in [0, 0.1) is 6.92 Å². The first-order valence-corrected chi connectivity index (χ1v) is 8.85. The Morgan fingerprint density at radius 1 is 1.12 bits per heavy atom. The van der Waals surface area contributed by atoms with Gasteiger partial charge in [-0.3, -0.25) is 9.59 Å². The molecule has 2 rings (SSSR count). The second-order valence-electron chi connectivity index (χ2n) is 6.11. The van der Waals surface area contributed by atoms with Crippen molar-refractivity contribution in [1.82, 2.24) is 0 Å². The van der Waals surface area contributed by atoms with Crippen LogP contribution in [-0.4, -0.2) is 39.0 Å². The summed E-state index contributed by atoms with van der Waals surface area (Å²) in [6.07, 6.45) is 0. The third-order valence-corrected chi connectivity index (χ3v) is 4.39. The minimum Gasteiger partial charge on any atom is -0.322 e. The number of likely N-dealkylation sites (N-methyl/N-ethyl adjacent to an activating group) is 2. The lowest BCUT2D eigenvalue weighted by molar-refractivity contribution is -0.862. The minimum atomic E-state index is -0.113. The quantitative estimate of drug-likeness (QED) is 0.771. The van der Waals surface area contributed by atoms with E-state index in [2.05, 4.69) is 21.2 Å². The second kappa shape index (κ2) is 8.78. The maximum absolute atomic E-state index is 12.4. The number of rotatable bonds is 6. The molecular weight excluding hydrogens is 382 g/mol. The minimum absolute atomic E-state index is 0.0312. The zero-order valence-corrected chi connectivity index (χ0v) is 16.3. The third kappa shape index (κ3) is 5.69. The number of carbonyl (C=O) groups excluding carboxylic acids is 2. The summed E-state index contributed by atoms with van der Waals surface area (Å²) in [5.41, 5.74) is 2.62. The molecule has 0 aromatic heterocycles. The maximum Gasteiger partial charge on any atom is 0.281 e. The molecule has 0 saturated heterocycles. The number of nitrogens with one attached hydrogen (secondary N) is 2. The summed E-state index contributed by atoms with van der Waals surface area (Å²) in [5.74, 6) is -0.144. The molecule has 0 spiro atoms. The Hall–Kier alpha value is -2.18. The fraction of sp³-hybridized carbons (Fsp3) is 0.263. The van der Waals surface area contributed by atoms with Crippen molar-refractivity contribution < 1.29 is 14.5 Å². The molecule has 2 amide bonds. The molecule has 0 aliphatic carbocycles. The summed E-state index contributed by atoms with van der Waals surface area (Å²) in [4.78, 5) is 27.0. The van der Waals surface area contributed by atoms with Gasteiger partial charge in [-0.05, 0) is 42.8 Å². The van der Waals surface area contributed by atoms with Gasteiger partial charge in [-0.15, -0.1) is 0 Å². The number of nitrogens with zero attached hydrogens (tertiary/aromatic N) is 1. The van der Waals surface area contributed by atoms with E-state index < -0.39 is 0 Å². The van der Waals surface area contributed by atoms with Crippen LogP contribution in [0.15, 0.2) is 53.0 Å². The number of hydrogen-bond donors (Lipinski definition) is 2. The smallest absolute Gasteiger partial charge is 0.281 e. The van der Waals surface area contributed by atoms with Gasteiger partial charge in [-0.2, -0.15) is 0 Å². The molecule has 0 heterocycles. The first-order valence-electron chi connectivity index (χ1n) is 8.05. The van der Waals surface area contributed by atoms with Crippen molar-refractivity contribution in [3.63, 3.8) is 0 Å². The number of para-hydroxylation sites is 1. The Morgan fingerprint density at radius 2 is 1.80 bits per heavy atom. The summed E-state index contributed by atoms with van der Waals surface area (Å²) in [7, 11) is 3.58. The molecule has 0 aliphatic heterocycles. The maximum atomic E-state index is 12.4. The second-order valence-corrected chi connectivity index (χ2v) is 7.02. The van der Waals surface area contributed by atoms with Crippen LogP contribution in [-0.2, 0) is 9.59 Å². The third-order valence-electron chi connectivity index (χ3n) is 3.90. The number of benzene rings is 2. The Labute approximate surface area is 156 Å². The molecule has 1 unspecified atom stereocenters. The van der Waals surface area contributed by atoms with Crippen molar-refractivity contribution in [3.8, 4) is 0 Å². The lowest BCUT2D eigenvalue weighted by atomic mass is 10.2. The van der Waals surface area contributed by atoms with Gasteiger partial charge in [0.1, 0.15) is 0 Å². The molecule has 5 nitrogen and oxygen atoms in total. The first kappa shape index (κ1) is 19.1. The normalized spacial score (nSPS) is 11.7. The molecule has 2 aromatic carbocycles. The monoisotopic (exact) mass is 404 g/mol. The standard InChI is InChI=1S/C19H22BrN3O2/c1-14-11-15(20)9-10-17(14)21-18(24)12-22(2)13-19(25)23(3)16-7-5-4-6-8-16/h4-11H,12-13H2,1-3H3,(H,21,24)/p+1. The molecule has 0 aliphatic rings. The van der Waals surface area contributed by atoms with E-state index in [4.69, 9.17) is 0 Å². The van der Waals surface area contributed by atoms with Crippen LogP contribution in [0.4, 0.5) is 11.4 Å². The van der Waals surface area contributed by atoms with Crippen LogP contribution in [0.5, 0.6) is 0 Å². The van der Waals surface area contributed by atoms with E-state index in [1.165, 1.54) is 0 Å². The largest absolute Gasteiger partial charge is 0.322 e. The average molecular weight is 405 g/mol. The molecule has 6 heteroatoms. The zero-order valence-electron chi connectivity index (χ0n) is 14.7. The first-order chi connectivity index (χ1) is 11.9. The van der Waals surface area contributed by atoms with Gasteiger partial charge in [0, 0.05) is 22.9 Å². The van der Waals surface area contributed by atoms with Crippen molar-refractivity contribution in [2.75, 3.05) is 37.4 Å². The molecule has 1 atom stereocenters. The van der Waals surface area contributed by atoms with Crippen LogP contribution in [0.1, 0.15) is 5.56 Å². The zero-order chi connectivity index (χ0) is 18.4. The van der Waals surface area contributed by atoms with E-state index in [1.807, 2.05) is 62.5 Å². The van der Waals surface area contributed by atoms with Crippen LogP contribution in [0.25, 0.3) is 0 Å². The highest BCUT2D eigenvalue weighted by Crippen LogP contribution is 2.19. The van der Waals surface area contributed by atoms with Gasteiger partial charge < -0.3 is 15.1 Å². The molecule has 0 saturated carbocycles. The van der Waals surface area contributed by atoms with E-state index in [9.17, 15) is 9.59 Å². The fourth-order valence-corrected chi connectivity index (χ4v) is 2.95. The predicted octanol–water partition coefficient (Wildman–Crippen LogP) is 1.87. The number of quaternary nitrogens is 1. The summed E-state index contributed by atoms with van der Waals surface area (Å²) in [6.45, 7) is 2.41. The molecular formula is C19H23BrN3O2+. The lowest BCUT2D eigenvalue weighted by Gasteiger charge is -2.20. The Balaban J connectivity index is 1.87. The molecule has 2 N–H and O–H groups in total. The number of amides is 2. The number of hydrogen-bond acceptors (Lipinski definition) is 2. The molecule has 2 aromatic rings. The van der Waals surface area contributed by atoms with Gasteiger partial charge in [0.2, 0.25) is 0 Å². The predicted molar refractivity (Wildman–Crippen MR) is 104 cm³/mol. The number of anilines is 2. The summed E-state index contributed by atoms with van der Waals surface area (Å²) in [6, 6.07) is 15.2. The van der Waals surface area contributed by atoms with Crippen LogP contribution >= 0.6 is 15.9 Å². The van der Waals surface area contributed by atoms with Crippen LogP contribution < -0.4 is 15.1 Å². The SMILES string of the molecule is Cc1cc(Br)ccc1NC(=O)C[NH+](C)CC(=O)N(C)c1ccccc1. The van der Waals surface area contributed by atoms with Gasteiger partial charge in [0.15, 0.2) is 13.1 Å². The van der Waals surface area contributed by atoms with Crippen molar-refractivity contribution >= 4 is 39.1 Å². The molecule has 0 radical (unpaired) electrons. The number of carbonyl (C=O) groups is 2. The van der Waals surface area contributed by atoms with Crippen molar-refractivity contribution in [3.05, 3.63) is 58.6 Å². The molecule has 0 fully saturated rings.